The number of pyridine rings is 1. The van der Waals surface area contributed by atoms with Crippen LogP contribution >= 0.6 is 0 Å². The van der Waals surface area contributed by atoms with Crippen molar-refractivity contribution < 1.29 is 9.90 Å². The molecule has 4 nitrogen and oxygen atoms in total. The highest BCUT2D eigenvalue weighted by molar-refractivity contribution is 6.01. The van der Waals surface area contributed by atoms with Crippen molar-refractivity contribution in [2.75, 3.05) is 11.9 Å². The van der Waals surface area contributed by atoms with E-state index in [9.17, 15) is 4.79 Å². The van der Waals surface area contributed by atoms with Crippen LogP contribution in [0.25, 0.3) is 6.08 Å². The maximum Gasteiger partial charge on any atom is 0.248 e. The topological polar surface area (TPSA) is 62.2 Å². The van der Waals surface area contributed by atoms with Gasteiger partial charge in [0.05, 0.1) is 0 Å². The molecule has 0 saturated carbocycles. The molecular formula is C16H16N2O2. The summed E-state index contributed by atoms with van der Waals surface area (Å²) in [5, 5.41) is 11.6. The van der Waals surface area contributed by atoms with Crippen molar-refractivity contribution in [1.29, 1.82) is 0 Å². The summed E-state index contributed by atoms with van der Waals surface area (Å²) in [5.74, 6) is -0.191. The van der Waals surface area contributed by atoms with Crippen molar-refractivity contribution >= 4 is 17.7 Å². The maximum atomic E-state index is 11.7. The van der Waals surface area contributed by atoms with Crippen LogP contribution in [0.2, 0.25) is 0 Å². The Labute approximate surface area is 117 Å². The van der Waals surface area contributed by atoms with E-state index in [0.29, 0.717) is 6.42 Å². The van der Waals surface area contributed by atoms with E-state index in [0.717, 1.165) is 16.8 Å². The minimum atomic E-state index is -0.191. The van der Waals surface area contributed by atoms with Crippen LogP contribution in [0.5, 0.6) is 0 Å². The molecule has 0 radical (unpaired) electrons. The van der Waals surface area contributed by atoms with Crippen LogP contribution in [0.15, 0.2) is 54.9 Å². The molecule has 1 aromatic carbocycles. The number of nitrogens with one attached hydrogen (secondary N) is 1. The number of amides is 1. The van der Waals surface area contributed by atoms with Crippen LogP contribution in [0.1, 0.15) is 11.1 Å². The molecule has 0 saturated heterocycles. The number of aliphatic hydroxyl groups excluding tert-OH is 1. The molecule has 102 valence electrons. The lowest BCUT2D eigenvalue weighted by molar-refractivity contribution is -0.111. The smallest absolute Gasteiger partial charge is 0.248 e. The van der Waals surface area contributed by atoms with E-state index >= 15 is 0 Å². The van der Waals surface area contributed by atoms with Gasteiger partial charge in [0.15, 0.2) is 0 Å². The number of hydrogen-bond acceptors (Lipinski definition) is 3. The number of benzene rings is 1. The molecule has 0 spiro atoms. The zero-order chi connectivity index (χ0) is 14.2. The lowest BCUT2D eigenvalue weighted by Gasteiger charge is -2.03. The highest BCUT2D eigenvalue weighted by atomic mass is 16.2. The van der Waals surface area contributed by atoms with E-state index in [1.807, 2.05) is 36.4 Å². The van der Waals surface area contributed by atoms with Crippen LogP contribution in [-0.2, 0) is 11.2 Å². The molecule has 0 bridgehead atoms. The lowest BCUT2D eigenvalue weighted by Crippen LogP contribution is -2.07. The molecule has 1 heterocycles. The fourth-order valence-electron chi connectivity index (χ4n) is 1.71. The number of aliphatic hydroxyl groups is 1. The minimum Gasteiger partial charge on any atom is -0.396 e. The van der Waals surface area contributed by atoms with Crippen molar-refractivity contribution in [3.8, 4) is 0 Å². The highest BCUT2D eigenvalue weighted by Crippen LogP contribution is 2.10. The van der Waals surface area contributed by atoms with Gasteiger partial charge in [0, 0.05) is 30.8 Å². The molecule has 4 heteroatoms. The van der Waals surface area contributed by atoms with Crippen LogP contribution < -0.4 is 5.32 Å². The largest absolute Gasteiger partial charge is 0.396 e. The van der Waals surface area contributed by atoms with Gasteiger partial charge >= 0.3 is 0 Å². The molecule has 0 aliphatic carbocycles. The molecule has 2 rings (SSSR count). The SMILES string of the molecule is O=C(C=Cc1cccnc1)Nc1ccc(CCO)cc1. The Morgan fingerprint density at radius 2 is 2.05 bits per heavy atom. The maximum absolute atomic E-state index is 11.7. The fraction of sp³-hybridized carbons (Fsp3) is 0.125. The van der Waals surface area contributed by atoms with E-state index in [1.54, 1.807) is 18.5 Å². The minimum absolute atomic E-state index is 0.125. The van der Waals surface area contributed by atoms with E-state index in [4.69, 9.17) is 5.11 Å². The molecule has 0 aliphatic rings. The van der Waals surface area contributed by atoms with Gasteiger partial charge in [-0.25, -0.2) is 0 Å². The van der Waals surface area contributed by atoms with E-state index in [1.165, 1.54) is 6.08 Å². The average Bonchev–Trinajstić information content (AvgIpc) is 2.49. The molecule has 0 atom stereocenters. The molecule has 1 amide bonds. The summed E-state index contributed by atoms with van der Waals surface area (Å²) < 4.78 is 0. The fourth-order valence-corrected chi connectivity index (χ4v) is 1.71. The Balaban J connectivity index is 1.92. The number of hydrogen-bond donors (Lipinski definition) is 2. The summed E-state index contributed by atoms with van der Waals surface area (Å²) >= 11 is 0. The zero-order valence-electron chi connectivity index (χ0n) is 11.0. The van der Waals surface area contributed by atoms with Gasteiger partial charge < -0.3 is 10.4 Å². The van der Waals surface area contributed by atoms with Crippen molar-refractivity contribution in [2.24, 2.45) is 0 Å². The van der Waals surface area contributed by atoms with Gasteiger partial charge in [0.1, 0.15) is 0 Å². The number of aromatic nitrogens is 1. The van der Waals surface area contributed by atoms with Gasteiger partial charge in [-0.1, -0.05) is 18.2 Å². The third kappa shape index (κ3) is 4.33. The second kappa shape index (κ2) is 7.21. The van der Waals surface area contributed by atoms with Crippen molar-refractivity contribution in [2.45, 2.75) is 6.42 Å². The molecule has 0 unspecified atom stereocenters. The standard InChI is InChI=1S/C16H16N2O2/c19-11-9-13-3-6-15(7-4-13)18-16(20)8-5-14-2-1-10-17-12-14/h1-8,10,12,19H,9,11H2,(H,18,20). The van der Waals surface area contributed by atoms with Crippen LogP contribution in [0.3, 0.4) is 0 Å². The quantitative estimate of drug-likeness (QED) is 0.818. The summed E-state index contributed by atoms with van der Waals surface area (Å²) in [6.07, 6.45) is 7.18. The Morgan fingerprint density at radius 3 is 2.70 bits per heavy atom. The summed E-state index contributed by atoms with van der Waals surface area (Å²) in [4.78, 5) is 15.7. The Hall–Kier alpha value is -2.46. The monoisotopic (exact) mass is 268 g/mol. The molecule has 2 N–H and O–H groups in total. The van der Waals surface area contributed by atoms with Gasteiger partial charge in [-0.3, -0.25) is 9.78 Å². The molecule has 2 aromatic rings. The summed E-state index contributed by atoms with van der Waals surface area (Å²) in [5.41, 5.74) is 2.64. The number of carbonyl (C=O) groups is 1. The third-order valence-electron chi connectivity index (χ3n) is 2.73. The Morgan fingerprint density at radius 1 is 1.25 bits per heavy atom. The van der Waals surface area contributed by atoms with Crippen LogP contribution in [0, 0.1) is 0 Å². The zero-order valence-corrected chi connectivity index (χ0v) is 11.0. The first kappa shape index (κ1) is 14.0. The summed E-state index contributed by atoms with van der Waals surface area (Å²) in [6, 6.07) is 11.1. The first-order valence-electron chi connectivity index (χ1n) is 6.37. The van der Waals surface area contributed by atoms with Crippen LogP contribution in [0.4, 0.5) is 5.69 Å². The molecule has 0 fully saturated rings. The van der Waals surface area contributed by atoms with Crippen molar-refractivity contribution in [3.05, 3.63) is 66.0 Å². The summed E-state index contributed by atoms with van der Waals surface area (Å²) in [7, 11) is 0. The normalized spacial score (nSPS) is 10.7. The highest BCUT2D eigenvalue weighted by Gasteiger charge is 1.98. The van der Waals surface area contributed by atoms with E-state index in [-0.39, 0.29) is 12.5 Å². The van der Waals surface area contributed by atoms with Crippen LogP contribution in [-0.4, -0.2) is 22.6 Å². The second-order valence-electron chi connectivity index (χ2n) is 4.28. The van der Waals surface area contributed by atoms with Gasteiger partial charge in [0.25, 0.3) is 0 Å². The van der Waals surface area contributed by atoms with Crippen molar-refractivity contribution in [1.82, 2.24) is 4.98 Å². The van der Waals surface area contributed by atoms with Gasteiger partial charge in [-0.05, 0) is 41.8 Å². The number of carbonyl (C=O) groups excluding carboxylic acids is 1. The molecular weight excluding hydrogens is 252 g/mol. The number of nitrogens with zero attached hydrogens (tertiary/aromatic N) is 1. The van der Waals surface area contributed by atoms with Gasteiger partial charge in [-0.2, -0.15) is 0 Å². The molecule has 20 heavy (non-hydrogen) atoms. The third-order valence-corrected chi connectivity index (χ3v) is 2.73. The first-order valence-corrected chi connectivity index (χ1v) is 6.37. The number of rotatable bonds is 5. The lowest BCUT2D eigenvalue weighted by atomic mass is 10.1. The van der Waals surface area contributed by atoms with Crippen molar-refractivity contribution in [3.63, 3.8) is 0 Å². The predicted molar refractivity (Wildman–Crippen MR) is 79.1 cm³/mol. The predicted octanol–water partition coefficient (Wildman–Crippen LogP) is 2.27. The van der Waals surface area contributed by atoms with E-state index in [2.05, 4.69) is 10.3 Å². The van der Waals surface area contributed by atoms with Gasteiger partial charge in [-0.15, -0.1) is 0 Å². The average molecular weight is 268 g/mol. The summed E-state index contributed by atoms with van der Waals surface area (Å²) in [6.45, 7) is 0.125. The first-order chi connectivity index (χ1) is 9.78. The number of anilines is 1. The molecule has 0 aliphatic heterocycles. The Kier molecular flexibility index (Phi) is 5.03. The molecule has 1 aromatic heterocycles. The van der Waals surface area contributed by atoms with E-state index < -0.39 is 0 Å². The Bertz CT molecular complexity index is 577. The second-order valence-corrected chi connectivity index (χ2v) is 4.28. The van der Waals surface area contributed by atoms with Gasteiger partial charge in [0.2, 0.25) is 5.91 Å².